The third-order valence-electron chi connectivity index (χ3n) is 9.66. The van der Waals surface area contributed by atoms with Crippen molar-refractivity contribution in [3.63, 3.8) is 0 Å². The summed E-state index contributed by atoms with van der Waals surface area (Å²) in [6.07, 6.45) is -1.75. The van der Waals surface area contributed by atoms with Gasteiger partial charge in [-0.25, -0.2) is 9.59 Å². The van der Waals surface area contributed by atoms with Crippen LogP contribution in [-0.4, -0.2) is 228 Å². The lowest BCUT2D eigenvalue weighted by Gasteiger charge is -2.28. The average Bonchev–Trinajstić information content (AvgIpc) is 3.39. The van der Waals surface area contributed by atoms with E-state index in [4.69, 9.17) is 47.4 Å². The van der Waals surface area contributed by atoms with Crippen LogP contribution in [0.5, 0.6) is 0 Å². The number of aliphatic hydroxyl groups excluding tert-OH is 4. The van der Waals surface area contributed by atoms with Gasteiger partial charge < -0.3 is 93.0 Å². The second kappa shape index (κ2) is 51.4. The predicted octanol–water partition coefficient (Wildman–Crippen LogP) is -1.37. The zero-order chi connectivity index (χ0) is 58.3. The Bertz CT molecular complexity index is 1760. The number of carbonyl (C=O) groups excluding carboxylic acids is 10. The average molecular weight is 1150 g/mol. The van der Waals surface area contributed by atoms with Gasteiger partial charge in [-0.2, -0.15) is 0 Å². The molecule has 79 heavy (non-hydrogen) atoms. The Labute approximate surface area is 458 Å². The molecule has 0 saturated carbocycles. The van der Waals surface area contributed by atoms with Crippen molar-refractivity contribution in [3.8, 4) is 0 Å². The molecule has 0 fully saturated rings. The first-order valence-electron chi connectivity index (χ1n) is 24.8. The molecule has 29 heteroatoms. The van der Waals surface area contributed by atoms with Crippen LogP contribution in [0, 0.1) is 5.41 Å². The summed E-state index contributed by atoms with van der Waals surface area (Å²) in [6.45, 7) is 9.94. The van der Waals surface area contributed by atoms with Gasteiger partial charge in [0, 0.05) is 57.5 Å². The number of carbonyl (C=O) groups is 10. The monoisotopic (exact) mass is 1150 g/mol. The number of methoxy groups -OCH3 is 1. The van der Waals surface area contributed by atoms with Crippen molar-refractivity contribution in [3.05, 3.63) is 25.3 Å². The third kappa shape index (κ3) is 45.5. The topological polar surface area (TPSA) is 435 Å². The predicted molar refractivity (Wildman–Crippen MR) is 270 cm³/mol. The lowest BCUT2D eigenvalue weighted by Crippen LogP contribution is -2.40. The molecular weight excluding hydrogens is 1060 g/mol. The maximum atomic E-state index is 12.6. The fourth-order valence-electron chi connectivity index (χ4n) is 5.61. The van der Waals surface area contributed by atoms with Crippen LogP contribution < -0.4 is 0 Å². The molecule has 0 rings (SSSR count). The van der Waals surface area contributed by atoms with Crippen LogP contribution in [0.4, 0.5) is 0 Å². The second-order valence-electron chi connectivity index (χ2n) is 16.3. The quantitative estimate of drug-likeness (QED) is 0.0180. The number of ether oxygens (including phenoxy) is 13. The fourth-order valence-corrected chi connectivity index (χ4v) is 5.61. The summed E-state index contributed by atoms with van der Waals surface area (Å²) in [5.74, 6) is -6.29. The number of Topliss-reactive ketones (excluding diaryl/α,β-unsaturated/α-hetero) is 1. The summed E-state index contributed by atoms with van der Waals surface area (Å²) in [5, 5.41) is 39.1. The van der Waals surface area contributed by atoms with Gasteiger partial charge in [-0.15, -0.1) is 0 Å². The Kier molecular flexibility index (Phi) is 51.7. The molecule has 5 unspecified atom stereocenters. The van der Waals surface area contributed by atoms with Crippen LogP contribution in [-0.2, 0) is 110 Å². The third-order valence-corrected chi connectivity index (χ3v) is 9.66. The lowest BCUT2D eigenvalue weighted by molar-refractivity contribution is -0.162. The van der Waals surface area contributed by atoms with Crippen LogP contribution in [0.3, 0.4) is 0 Å². The SMILES string of the molecule is C=CC(=O)OCCC(=O)OCC(O)COCC(O)COCCCOC(=O)CCC.C=CC(=O)OCCC(=O)OCC(O)COCC(O)COCCCOC(=O)CCOC(=O)CCC(CCC(=O)OC)(C(C)=O)C(=O)OCC.O.O. The van der Waals surface area contributed by atoms with Crippen molar-refractivity contribution in [1.29, 1.82) is 0 Å². The Morgan fingerprint density at radius 1 is 0.430 bits per heavy atom. The van der Waals surface area contributed by atoms with E-state index in [9.17, 15) is 68.4 Å². The molecule has 0 aliphatic carbocycles. The summed E-state index contributed by atoms with van der Waals surface area (Å²) in [7, 11) is 1.17. The van der Waals surface area contributed by atoms with Gasteiger partial charge in [-0.1, -0.05) is 20.1 Å². The molecule has 0 radical (unpaired) electrons. The first-order chi connectivity index (χ1) is 36.7. The van der Waals surface area contributed by atoms with Gasteiger partial charge in [0.1, 0.15) is 68.6 Å². The Morgan fingerprint density at radius 3 is 1.15 bits per heavy atom. The van der Waals surface area contributed by atoms with Crippen molar-refractivity contribution in [2.24, 2.45) is 5.41 Å². The molecule has 5 atom stereocenters. The summed E-state index contributed by atoms with van der Waals surface area (Å²) in [4.78, 5) is 117. The van der Waals surface area contributed by atoms with E-state index in [-0.39, 0.29) is 161 Å². The molecule has 0 aromatic carbocycles. The summed E-state index contributed by atoms with van der Waals surface area (Å²) < 4.78 is 64.3. The van der Waals surface area contributed by atoms with Crippen molar-refractivity contribution in [2.75, 3.05) is 113 Å². The molecule has 0 bridgehead atoms. The van der Waals surface area contributed by atoms with Gasteiger partial charge in [0.05, 0.1) is 85.8 Å². The van der Waals surface area contributed by atoms with E-state index in [2.05, 4.69) is 27.4 Å². The Balaban J connectivity index is -0.000000779. The van der Waals surface area contributed by atoms with E-state index in [0.717, 1.165) is 18.6 Å². The highest BCUT2D eigenvalue weighted by Gasteiger charge is 2.45. The highest BCUT2D eigenvalue weighted by molar-refractivity contribution is 6.03. The normalized spacial score (nSPS) is 12.7. The largest absolute Gasteiger partial charge is 0.469 e. The molecule has 0 amide bonds. The first kappa shape index (κ1) is 79.5. The zero-order valence-corrected chi connectivity index (χ0v) is 45.6. The van der Waals surface area contributed by atoms with Crippen LogP contribution >= 0.6 is 0 Å². The highest BCUT2D eigenvalue weighted by atomic mass is 16.6. The van der Waals surface area contributed by atoms with Gasteiger partial charge >= 0.3 is 53.7 Å². The molecule has 0 saturated heterocycles. The molecule has 0 heterocycles. The molecule has 29 nitrogen and oxygen atoms in total. The number of esters is 9. The number of aliphatic hydroxyl groups is 4. The van der Waals surface area contributed by atoms with E-state index >= 15 is 0 Å². The van der Waals surface area contributed by atoms with Gasteiger partial charge in [-0.05, 0) is 33.1 Å². The zero-order valence-electron chi connectivity index (χ0n) is 45.6. The number of ketones is 1. The van der Waals surface area contributed by atoms with Gasteiger partial charge in [-0.3, -0.25) is 38.4 Å². The molecule has 0 aliphatic rings. The minimum absolute atomic E-state index is 0. The number of rotatable bonds is 46. The van der Waals surface area contributed by atoms with E-state index in [1.54, 1.807) is 6.92 Å². The minimum atomic E-state index is -1.72. The van der Waals surface area contributed by atoms with Crippen molar-refractivity contribution >= 4 is 59.5 Å². The van der Waals surface area contributed by atoms with Gasteiger partial charge in [0.25, 0.3) is 0 Å². The summed E-state index contributed by atoms with van der Waals surface area (Å²) in [6, 6.07) is 0. The van der Waals surface area contributed by atoms with Crippen LogP contribution in [0.1, 0.15) is 91.4 Å². The van der Waals surface area contributed by atoms with Gasteiger partial charge in [0.15, 0.2) is 0 Å². The van der Waals surface area contributed by atoms with Crippen LogP contribution in [0.2, 0.25) is 0 Å². The molecule has 0 aromatic heterocycles. The number of hydrogen-bond acceptors (Lipinski definition) is 27. The molecule has 0 aromatic rings. The molecular formula is C50H84O29. The fraction of sp³-hybridized carbons (Fsp3) is 0.720. The molecule has 0 aliphatic heterocycles. The lowest BCUT2D eigenvalue weighted by atomic mass is 9.75. The molecule has 8 N–H and O–H groups in total. The van der Waals surface area contributed by atoms with Crippen LogP contribution in [0.25, 0.3) is 0 Å². The van der Waals surface area contributed by atoms with E-state index in [1.807, 2.05) is 6.92 Å². The second-order valence-corrected chi connectivity index (χ2v) is 16.3. The summed E-state index contributed by atoms with van der Waals surface area (Å²) in [5.41, 5.74) is -1.72. The van der Waals surface area contributed by atoms with Gasteiger partial charge in [0.2, 0.25) is 0 Å². The standard InChI is InChI=1S/C31H48O17.C19H32O10.2H2O/c1-5-25(35)46-16-11-29(39)48-21-24(34)20-43-19-23(33)18-42-14-7-15-45-28(38)10-17-47-27(37)9-13-31(22(3)32,30(40)44-6-2)12-8-26(36)41-4;1-3-6-18(23)27-9-5-8-25-11-15(20)12-26-13-16(21)14-29-19(24)7-10-28-17(22)4-2;;/h5,23-24,33-34H,1,6-21H2,2-4H3;4,15-16,20-21H,2-3,5-14H2,1H3;2*1H2. The first-order valence-corrected chi connectivity index (χ1v) is 24.8. The summed E-state index contributed by atoms with van der Waals surface area (Å²) >= 11 is 0. The Hall–Kier alpha value is -6.02. The maximum Gasteiger partial charge on any atom is 0.330 e. The van der Waals surface area contributed by atoms with Crippen molar-refractivity contribution < 1.29 is 141 Å². The minimum Gasteiger partial charge on any atom is -0.469 e. The Morgan fingerprint density at radius 2 is 0.772 bits per heavy atom. The van der Waals surface area contributed by atoms with E-state index in [1.165, 1.54) is 14.0 Å². The number of hydrogen-bond donors (Lipinski definition) is 4. The highest BCUT2D eigenvalue weighted by Crippen LogP contribution is 2.33. The van der Waals surface area contributed by atoms with Crippen molar-refractivity contribution in [2.45, 2.75) is 116 Å². The smallest absolute Gasteiger partial charge is 0.330 e. The molecule has 458 valence electrons. The maximum absolute atomic E-state index is 12.6. The van der Waals surface area contributed by atoms with E-state index in [0.29, 0.717) is 25.9 Å². The van der Waals surface area contributed by atoms with Crippen molar-refractivity contribution in [1.82, 2.24) is 0 Å². The van der Waals surface area contributed by atoms with Crippen LogP contribution in [0.15, 0.2) is 25.3 Å². The van der Waals surface area contributed by atoms with E-state index < -0.39 is 83.4 Å². The molecule has 0 spiro atoms.